The van der Waals surface area contributed by atoms with Gasteiger partial charge >= 0.3 is 0 Å². The van der Waals surface area contributed by atoms with Crippen molar-refractivity contribution in [1.82, 2.24) is 9.80 Å². The van der Waals surface area contributed by atoms with Crippen LogP contribution >= 0.6 is 11.3 Å². The summed E-state index contributed by atoms with van der Waals surface area (Å²) in [6, 6.07) is 4.24. The third-order valence-corrected chi connectivity index (χ3v) is 4.54. The molecule has 2 heterocycles. The zero-order valence-electron chi connectivity index (χ0n) is 12.0. The number of hydrogen-bond donors (Lipinski definition) is 1. The summed E-state index contributed by atoms with van der Waals surface area (Å²) in [4.78, 5) is 17.8. The highest BCUT2D eigenvalue weighted by Gasteiger charge is 2.23. The molecule has 0 saturated carbocycles. The van der Waals surface area contributed by atoms with E-state index in [0.717, 1.165) is 32.7 Å². The van der Waals surface area contributed by atoms with Gasteiger partial charge in [-0.15, -0.1) is 11.3 Å². The topological polar surface area (TPSA) is 58.8 Å². The van der Waals surface area contributed by atoms with Crippen LogP contribution in [-0.4, -0.2) is 61.6 Å². The maximum Gasteiger partial charge on any atom is 0.225 e. The molecule has 0 spiro atoms. The van der Waals surface area contributed by atoms with Crippen molar-refractivity contribution in [2.24, 2.45) is 5.73 Å². The lowest BCUT2D eigenvalue weighted by Crippen LogP contribution is -2.49. The molecule has 1 aliphatic rings. The molecule has 1 aromatic heterocycles. The van der Waals surface area contributed by atoms with Gasteiger partial charge in [-0.1, -0.05) is 6.07 Å². The fourth-order valence-electron chi connectivity index (χ4n) is 2.37. The summed E-state index contributed by atoms with van der Waals surface area (Å²) in [6.07, 6.45) is 0.226. The van der Waals surface area contributed by atoms with Crippen molar-refractivity contribution in [2.45, 2.75) is 19.1 Å². The molecule has 1 unspecified atom stereocenters. The highest BCUT2D eigenvalue weighted by Crippen LogP contribution is 2.14. The van der Waals surface area contributed by atoms with Gasteiger partial charge in [-0.3, -0.25) is 9.69 Å². The lowest BCUT2D eigenvalue weighted by molar-refractivity contribution is -0.135. The Balaban J connectivity index is 1.74. The van der Waals surface area contributed by atoms with Crippen molar-refractivity contribution in [3.63, 3.8) is 0 Å². The van der Waals surface area contributed by atoms with Crippen LogP contribution in [-0.2, 0) is 16.1 Å². The predicted molar refractivity (Wildman–Crippen MR) is 80.6 cm³/mol. The van der Waals surface area contributed by atoms with Crippen LogP contribution in [0.2, 0.25) is 0 Å². The molecule has 0 radical (unpaired) electrons. The number of nitrogens with two attached hydrogens (primary N) is 1. The largest absolute Gasteiger partial charge is 0.380 e. The number of carbonyl (C=O) groups excluding carboxylic acids is 1. The van der Waals surface area contributed by atoms with Crippen LogP contribution in [0.25, 0.3) is 0 Å². The molecule has 1 saturated heterocycles. The predicted octanol–water partition coefficient (Wildman–Crippen LogP) is 0.756. The average molecular weight is 297 g/mol. The monoisotopic (exact) mass is 297 g/mol. The lowest BCUT2D eigenvalue weighted by atomic mass is 10.2. The van der Waals surface area contributed by atoms with Crippen LogP contribution in [0.3, 0.4) is 0 Å². The molecule has 2 N–H and O–H groups in total. The Bertz CT molecular complexity index is 399. The van der Waals surface area contributed by atoms with Gasteiger partial charge in [0.1, 0.15) is 0 Å². The summed E-state index contributed by atoms with van der Waals surface area (Å²) in [5, 5.41) is 2.10. The minimum Gasteiger partial charge on any atom is -0.380 e. The molecular formula is C14H23N3O2S. The van der Waals surface area contributed by atoms with Gasteiger partial charge in [0.25, 0.3) is 0 Å². The van der Waals surface area contributed by atoms with Crippen molar-refractivity contribution in [3.05, 3.63) is 22.4 Å². The van der Waals surface area contributed by atoms with Crippen LogP contribution in [0, 0.1) is 0 Å². The Hall–Kier alpha value is -0.950. The van der Waals surface area contributed by atoms with E-state index < -0.39 is 0 Å². The van der Waals surface area contributed by atoms with Crippen molar-refractivity contribution in [2.75, 3.05) is 39.8 Å². The molecule has 1 aromatic rings. The second-order valence-corrected chi connectivity index (χ2v) is 6.07. The summed E-state index contributed by atoms with van der Waals surface area (Å²) in [5.74, 6) is 0.151. The van der Waals surface area contributed by atoms with Gasteiger partial charge < -0.3 is 15.4 Å². The fraction of sp³-hybridized carbons (Fsp3) is 0.643. The summed E-state index contributed by atoms with van der Waals surface area (Å²) >= 11 is 1.79. The van der Waals surface area contributed by atoms with E-state index in [-0.39, 0.29) is 12.0 Å². The van der Waals surface area contributed by atoms with Crippen LogP contribution < -0.4 is 5.73 Å². The number of ether oxygens (including phenoxy) is 1. The highest BCUT2D eigenvalue weighted by molar-refractivity contribution is 7.09. The molecule has 0 aliphatic carbocycles. The van der Waals surface area contributed by atoms with Crippen LogP contribution in [0.4, 0.5) is 0 Å². The smallest absolute Gasteiger partial charge is 0.225 e. The lowest BCUT2D eigenvalue weighted by Gasteiger charge is -2.35. The molecule has 20 heavy (non-hydrogen) atoms. The first-order valence-electron chi connectivity index (χ1n) is 6.98. The van der Waals surface area contributed by atoms with E-state index in [1.54, 1.807) is 18.4 Å². The molecular weight excluding hydrogens is 274 g/mol. The third kappa shape index (κ3) is 4.28. The van der Waals surface area contributed by atoms with Crippen molar-refractivity contribution < 1.29 is 9.53 Å². The molecule has 112 valence electrons. The van der Waals surface area contributed by atoms with Gasteiger partial charge in [0.05, 0.1) is 12.5 Å². The quantitative estimate of drug-likeness (QED) is 0.842. The first kappa shape index (κ1) is 15.4. The molecule has 0 aromatic carbocycles. The van der Waals surface area contributed by atoms with Crippen molar-refractivity contribution >= 4 is 17.2 Å². The van der Waals surface area contributed by atoms with Gasteiger partial charge in [0, 0.05) is 51.3 Å². The molecule has 1 amide bonds. The van der Waals surface area contributed by atoms with Crippen molar-refractivity contribution in [1.29, 1.82) is 0 Å². The Labute approximate surface area is 124 Å². The molecule has 1 aliphatic heterocycles. The van der Waals surface area contributed by atoms with Crippen LogP contribution in [0.5, 0.6) is 0 Å². The molecule has 0 bridgehead atoms. The standard InChI is InChI=1S/C14H23N3O2S/c1-19-12(10-15)9-14(18)17-6-4-16(5-7-17)11-13-3-2-8-20-13/h2-3,8,12H,4-7,9-11,15H2,1H3. The van der Waals surface area contributed by atoms with Gasteiger partial charge in [-0.2, -0.15) is 0 Å². The second-order valence-electron chi connectivity index (χ2n) is 5.03. The molecule has 1 fully saturated rings. The summed E-state index contributed by atoms with van der Waals surface area (Å²) in [7, 11) is 1.60. The van der Waals surface area contributed by atoms with E-state index in [4.69, 9.17) is 10.5 Å². The molecule has 6 heteroatoms. The highest BCUT2D eigenvalue weighted by atomic mass is 32.1. The SMILES string of the molecule is COC(CN)CC(=O)N1CCN(Cc2cccs2)CC1. The number of amides is 1. The van der Waals surface area contributed by atoms with E-state index in [9.17, 15) is 4.79 Å². The minimum absolute atomic E-state index is 0.151. The second kappa shape index (κ2) is 7.73. The van der Waals surface area contributed by atoms with E-state index in [1.165, 1.54) is 4.88 Å². The number of methoxy groups -OCH3 is 1. The van der Waals surface area contributed by atoms with Gasteiger partial charge in [-0.05, 0) is 11.4 Å². The normalized spacial score (nSPS) is 18.2. The van der Waals surface area contributed by atoms with E-state index >= 15 is 0 Å². The number of hydrogen-bond acceptors (Lipinski definition) is 5. The van der Waals surface area contributed by atoms with Gasteiger partial charge in [0.2, 0.25) is 5.91 Å². The Morgan fingerprint density at radius 3 is 2.75 bits per heavy atom. The Morgan fingerprint density at radius 2 is 2.20 bits per heavy atom. The zero-order valence-corrected chi connectivity index (χ0v) is 12.8. The first-order chi connectivity index (χ1) is 9.72. The Morgan fingerprint density at radius 1 is 1.45 bits per heavy atom. The van der Waals surface area contributed by atoms with E-state index in [2.05, 4.69) is 22.4 Å². The first-order valence-corrected chi connectivity index (χ1v) is 7.86. The minimum atomic E-state index is -0.161. The van der Waals surface area contributed by atoms with Gasteiger partial charge in [-0.25, -0.2) is 0 Å². The number of rotatable bonds is 6. The maximum absolute atomic E-state index is 12.1. The summed E-state index contributed by atoms with van der Waals surface area (Å²) in [6.45, 7) is 4.84. The summed E-state index contributed by atoms with van der Waals surface area (Å²) < 4.78 is 5.17. The van der Waals surface area contributed by atoms with E-state index in [0.29, 0.717) is 13.0 Å². The Kier molecular flexibility index (Phi) is 5.97. The third-order valence-electron chi connectivity index (χ3n) is 3.68. The van der Waals surface area contributed by atoms with E-state index in [1.807, 2.05) is 4.90 Å². The molecule has 1 atom stereocenters. The number of piperazine rings is 1. The average Bonchev–Trinajstić information content (AvgIpc) is 2.98. The number of nitrogens with zero attached hydrogens (tertiary/aromatic N) is 2. The van der Waals surface area contributed by atoms with Crippen LogP contribution in [0.1, 0.15) is 11.3 Å². The zero-order chi connectivity index (χ0) is 14.4. The van der Waals surface area contributed by atoms with Crippen LogP contribution in [0.15, 0.2) is 17.5 Å². The number of carbonyl (C=O) groups is 1. The maximum atomic E-state index is 12.1. The fourth-order valence-corrected chi connectivity index (χ4v) is 3.11. The molecule has 2 rings (SSSR count). The number of thiophene rings is 1. The summed E-state index contributed by atoms with van der Waals surface area (Å²) in [5.41, 5.74) is 5.56. The molecule has 5 nitrogen and oxygen atoms in total. The van der Waals surface area contributed by atoms with Gasteiger partial charge in [0.15, 0.2) is 0 Å². The van der Waals surface area contributed by atoms with Crippen molar-refractivity contribution in [3.8, 4) is 0 Å².